The number of carbonyl (C=O) groups is 2. The molecule has 0 fully saturated rings. The molecular weight excluding hydrogens is 837 g/mol. The lowest BCUT2D eigenvalue weighted by Gasteiger charge is -2.22. The summed E-state index contributed by atoms with van der Waals surface area (Å²) >= 11 is 0. The van der Waals surface area contributed by atoms with Gasteiger partial charge in [0.05, 0.1) is 17.9 Å². The zero-order valence-electron chi connectivity index (χ0n) is 32.8. The number of benzene rings is 2. The Hall–Kier alpha value is -6.10. The van der Waals surface area contributed by atoms with Crippen LogP contribution in [0.15, 0.2) is 85.2 Å². The number of nitrogens with zero attached hydrogens (tertiary/aromatic N) is 2. The van der Waals surface area contributed by atoms with Gasteiger partial charge in [0.15, 0.2) is 0 Å². The normalized spacial score (nSPS) is 12.1. The molecule has 0 aliphatic rings. The smallest absolute Gasteiger partial charge is 0.506 e. The number of rotatable bonds is 10. The van der Waals surface area contributed by atoms with Crippen molar-refractivity contribution < 1.29 is 72.6 Å². The number of para-hydroxylation sites is 2. The molecule has 0 aliphatic carbocycles. The number of hydrogen-bond acceptors (Lipinski definition) is 13. The molecule has 15 nitrogen and oxygen atoms in total. The van der Waals surface area contributed by atoms with E-state index in [0.717, 1.165) is 12.3 Å². The van der Waals surface area contributed by atoms with E-state index < -0.39 is 69.7 Å². The highest BCUT2D eigenvalue weighted by Gasteiger charge is 2.49. The number of amides is 2. The zero-order chi connectivity index (χ0) is 45.7. The fourth-order valence-corrected chi connectivity index (χ4v) is 4.51. The average molecular weight is 881 g/mol. The molecule has 7 N–H and O–H groups in total. The topological polar surface area (TPSA) is 224 Å². The summed E-state index contributed by atoms with van der Waals surface area (Å²) in [6, 6.07) is 16.4. The summed E-state index contributed by atoms with van der Waals surface area (Å²) in [4.78, 5) is 30.2. The zero-order valence-corrected chi connectivity index (χ0v) is 33.6. The molecule has 0 unspecified atom stereocenters. The van der Waals surface area contributed by atoms with Crippen LogP contribution >= 0.6 is 0 Å². The van der Waals surface area contributed by atoms with E-state index in [-0.39, 0.29) is 39.9 Å². The number of halogens is 7. The van der Waals surface area contributed by atoms with Gasteiger partial charge in [-0.3, -0.25) is 24.8 Å². The van der Waals surface area contributed by atoms with E-state index in [1.807, 2.05) is 0 Å². The molecule has 2 heterocycles. The van der Waals surface area contributed by atoms with Crippen molar-refractivity contribution in [2.45, 2.75) is 70.1 Å². The van der Waals surface area contributed by atoms with Crippen molar-refractivity contribution in [1.29, 1.82) is 0 Å². The Labute approximate surface area is 340 Å². The Balaban J connectivity index is 0.000000323. The molecule has 0 radical (unpaired) electrons. The maximum Gasteiger partial charge on any atom is 0.523 e. The number of phenols is 2. The van der Waals surface area contributed by atoms with Gasteiger partial charge in [0.25, 0.3) is 0 Å². The predicted octanol–water partition coefficient (Wildman–Crippen LogP) is 8.70. The van der Waals surface area contributed by atoms with Crippen molar-refractivity contribution in [1.82, 2.24) is 9.97 Å². The number of aromatic nitrogens is 2. The first-order chi connectivity index (χ1) is 27.4. The van der Waals surface area contributed by atoms with Gasteiger partial charge in [-0.1, -0.05) is 24.3 Å². The number of nitrogens with two attached hydrogens (primary N) is 1. The largest absolute Gasteiger partial charge is 0.523 e. The van der Waals surface area contributed by atoms with Crippen LogP contribution < -0.4 is 21.7 Å². The summed E-state index contributed by atoms with van der Waals surface area (Å²) in [7, 11) is -6.05. The van der Waals surface area contributed by atoms with E-state index in [1.165, 1.54) is 54.7 Å². The third-order valence-electron chi connectivity index (χ3n) is 6.63. The van der Waals surface area contributed by atoms with Crippen molar-refractivity contribution in [2.75, 3.05) is 34.8 Å². The van der Waals surface area contributed by atoms with E-state index in [1.54, 1.807) is 59.7 Å². The molecule has 0 saturated heterocycles. The van der Waals surface area contributed by atoms with Crippen LogP contribution in [0.1, 0.15) is 52.9 Å². The first-order valence-electron chi connectivity index (χ1n) is 17.1. The van der Waals surface area contributed by atoms with Gasteiger partial charge in [-0.15, -0.1) is 0 Å². The lowest BCUT2D eigenvalue weighted by Crippen LogP contribution is -2.31. The van der Waals surface area contributed by atoms with Crippen LogP contribution in [-0.2, 0) is 35.6 Å². The number of anilines is 4. The van der Waals surface area contributed by atoms with E-state index in [9.17, 15) is 59.0 Å². The summed E-state index contributed by atoms with van der Waals surface area (Å²) < 4.78 is 125. The van der Waals surface area contributed by atoms with Crippen molar-refractivity contribution >= 4 is 45.1 Å². The Bertz CT molecular complexity index is 2120. The summed E-state index contributed by atoms with van der Waals surface area (Å²) in [5.41, 5.74) is -2.21. The number of ether oxygens (including phenoxy) is 2. The summed E-state index contributed by atoms with van der Waals surface area (Å²) in [6.45, 7) is 7.57. The minimum atomic E-state index is -6.05. The highest BCUT2D eigenvalue weighted by Crippen LogP contribution is 2.35. The van der Waals surface area contributed by atoms with E-state index in [0.29, 0.717) is 0 Å². The number of carbonyl (C=O) groups excluding carboxylic acids is 2. The van der Waals surface area contributed by atoms with Gasteiger partial charge in [-0.2, -0.15) is 39.2 Å². The number of pyridine rings is 2. The molecule has 0 saturated carbocycles. The van der Waals surface area contributed by atoms with Crippen LogP contribution in [0, 0.1) is 0 Å². The fraction of sp³-hybridized carbons (Fsp3) is 0.351. The van der Waals surface area contributed by atoms with Gasteiger partial charge in [0.1, 0.15) is 52.1 Å². The lowest BCUT2D eigenvalue weighted by molar-refractivity contribution is -0.0762. The standard InChI is InChI=1S/C18H21F2N3O3.C11H16N2O3.C8H6F5NO3S/c1-17(2,3)26-16(25)23-15-12(7-6-8-13(15)24)22-11-18(19,20)14-9-4-5-10-21-14;1-11(2,3)16-10(15)13-9-7(12)5-4-6-8(9)14;9-7(10,6-3-1-2-4-14-6)5-17-18(15,16)8(11,12)13/h4-10,22,24H,11H2,1-3H3,(H,23,25);4-6,14H,12H2,1-3H3,(H,13,15);1-4H,5H2. The van der Waals surface area contributed by atoms with Gasteiger partial charge in [0, 0.05) is 12.4 Å². The third-order valence-corrected chi connectivity index (χ3v) is 7.62. The summed E-state index contributed by atoms with van der Waals surface area (Å²) in [5, 5.41) is 26.8. The van der Waals surface area contributed by atoms with E-state index in [4.69, 9.17) is 15.2 Å². The van der Waals surface area contributed by atoms with Crippen molar-refractivity contribution in [3.63, 3.8) is 0 Å². The molecule has 0 aliphatic heterocycles. The van der Waals surface area contributed by atoms with Gasteiger partial charge in [0.2, 0.25) is 0 Å². The van der Waals surface area contributed by atoms with Crippen LogP contribution in [-0.4, -0.2) is 70.6 Å². The molecule has 23 heteroatoms. The molecule has 4 aromatic rings. The number of aromatic hydroxyl groups is 2. The molecule has 330 valence electrons. The number of alkyl halides is 7. The SMILES string of the molecule is CC(C)(C)OC(=O)Nc1c(N)cccc1O.CC(C)(C)OC(=O)Nc1c(O)cccc1NCC(F)(F)c1ccccn1.O=S(=O)(OCC(F)(F)c1ccccn1)C(F)(F)F. The Kier molecular flexibility index (Phi) is 16.9. The minimum Gasteiger partial charge on any atom is -0.506 e. The highest BCUT2D eigenvalue weighted by atomic mass is 32.2. The number of nitrogen functional groups attached to an aromatic ring is 1. The second-order valence-electron chi connectivity index (χ2n) is 14.0. The van der Waals surface area contributed by atoms with Crippen LogP contribution in [0.4, 0.5) is 63.1 Å². The molecule has 2 aromatic carbocycles. The average Bonchev–Trinajstić information content (AvgIpc) is 3.12. The maximum absolute atomic E-state index is 14.3. The quantitative estimate of drug-likeness (QED) is 0.0289. The van der Waals surface area contributed by atoms with E-state index >= 15 is 0 Å². The predicted molar refractivity (Wildman–Crippen MR) is 206 cm³/mol. The summed E-state index contributed by atoms with van der Waals surface area (Å²) in [6.07, 6.45) is 0.813. The van der Waals surface area contributed by atoms with E-state index in [2.05, 4.69) is 30.1 Å². The maximum atomic E-state index is 14.3. The Morgan fingerprint density at radius 3 is 1.55 bits per heavy atom. The van der Waals surface area contributed by atoms with Crippen LogP contribution in [0.5, 0.6) is 11.5 Å². The third kappa shape index (κ3) is 16.6. The van der Waals surface area contributed by atoms with Crippen molar-refractivity contribution in [3.05, 3.63) is 96.6 Å². The summed E-state index contributed by atoms with van der Waals surface area (Å²) in [5.74, 6) is -7.55. The second-order valence-corrected chi connectivity index (χ2v) is 15.7. The second kappa shape index (κ2) is 20.2. The first kappa shape index (κ1) is 50.0. The molecule has 60 heavy (non-hydrogen) atoms. The van der Waals surface area contributed by atoms with Crippen molar-refractivity contribution in [2.24, 2.45) is 0 Å². The minimum absolute atomic E-state index is 0.0430. The number of nitrogens with one attached hydrogen (secondary N) is 3. The molecule has 2 amide bonds. The highest BCUT2D eigenvalue weighted by molar-refractivity contribution is 7.87. The molecule has 2 aromatic heterocycles. The van der Waals surface area contributed by atoms with Crippen LogP contribution in [0.2, 0.25) is 0 Å². The molecule has 4 rings (SSSR count). The Morgan fingerprint density at radius 2 is 1.12 bits per heavy atom. The fourth-order valence-electron chi connectivity index (χ4n) is 4.07. The van der Waals surface area contributed by atoms with Gasteiger partial charge in [-0.25, -0.2) is 9.59 Å². The van der Waals surface area contributed by atoms with Crippen molar-refractivity contribution in [3.8, 4) is 11.5 Å². The van der Waals surface area contributed by atoms with Crippen LogP contribution in [0.3, 0.4) is 0 Å². The van der Waals surface area contributed by atoms with Gasteiger partial charge < -0.3 is 30.7 Å². The Morgan fingerprint density at radius 1 is 0.667 bits per heavy atom. The molecule has 0 atom stereocenters. The van der Waals surface area contributed by atoms with Gasteiger partial charge >= 0.3 is 39.7 Å². The first-order valence-corrected chi connectivity index (χ1v) is 18.5. The van der Waals surface area contributed by atoms with Crippen LogP contribution in [0.25, 0.3) is 0 Å². The number of phenolic OH excluding ortho intramolecular Hbond substituents is 2. The number of hydrogen-bond donors (Lipinski definition) is 6. The van der Waals surface area contributed by atoms with Gasteiger partial charge in [-0.05, 0) is 90.1 Å². The molecule has 0 bridgehead atoms. The monoisotopic (exact) mass is 880 g/mol. The molecular formula is C37H43F7N6O9S. The molecule has 0 spiro atoms. The lowest BCUT2D eigenvalue weighted by atomic mass is 10.2.